The molecule has 0 aliphatic carbocycles. The van der Waals surface area contributed by atoms with Gasteiger partial charge in [-0.15, -0.1) is 11.1 Å². The summed E-state index contributed by atoms with van der Waals surface area (Å²) >= 11 is 0. The van der Waals surface area contributed by atoms with Gasteiger partial charge in [0.15, 0.2) is 0 Å². The molecule has 11 aromatic carbocycles. The van der Waals surface area contributed by atoms with Crippen LogP contribution in [0.1, 0.15) is 203 Å². The molecule has 13 aromatic rings. The van der Waals surface area contributed by atoms with E-state index in [0.29, 0.717) is 47.3 Å². The SMILES string of the molecule is CC(C)c1cccc(C(C)C)c1-n1[c-][n+](-c2c(C(C)C)cccc2C(C)C)c2ccccc21.CC(C)c1cccc(C(C)C)c1-n1[c-][n+](-c2c(C(C)C)cccc2C(C)C)c2ccccc21.[Au].[Au].[c-]1ccc(-c2c3ccccc3c(-c3cc[c-]cc3)c3ccccc23)cc1. The third-order valence-corrected chi connectivity index (χ3v) is 18.3. The first-order valence-corrected chi connectivity index (χ1v) is 33.7. The van der Waals surface area contributed by atoms with Gasteiger partial charge in [0.25, 0.3) is 12.7 Å². The number of para-hydroxylation sites is 8. The fraction of sp³-hybridized carbons (Fsp3) is 0.273. The van der Waals surface area contributed by atoms with E-state index in [0.717, 1.165) is 0 Å². The second kappa shape index (κ2) is 30.8. The average Bonchev–Trinajstić information content (AvgIpc) is 1.17. The van der Waals surface area contributed by atoms with Gasteiger partial charge in [0.2, 0.25) is 0 Å². The summed E-state index contributed by atoms with van der Waals surface area (Å²) in [5.41, 5.74) is 25.9. The van der Waals surface area contributed by atoms with Crippen molar-refractivity contribution < 1.29 is 53.9 Å². The van der Waals surface area contributed by atoms with Crippen LogP contribution in [0.15, 0.2) is 218 Å². The zero-order valence-electron chi connectivity index (χ0n) is 57.8. The van der Waals surface area contributed by atoms with E-state index in [1.165, 1.54) is 133 Å². The largest absolute Gasteiger partial charge is 0.291 e. The minimum absolute atomic E-state index is 0. The molecule has 13 rings (SSSR count). The Balaban J connectivity index is 0.000000165. The molecule has 4 nitrogen and oxygen atoms in total. The van der Waals surface area contributed by atoms with Crippen LogP contribution in [0.5, 0.6) is 0 Å². The summed E-state index contributed by atoms with van der Waals surface area (Å²) in [5.74, 6) is 3.41. The molecule has 94 heavy (non-hydrogen) atoms. The van der Waals surface area contributed by atoms with Gasteiger partial charge in [-0.1, -0.05) is 281 Å². The molecular formula is C88H92Au2N4-2. The van der Waals surface area contributed by atoms with Gasteiger partial charge >= 0.3 is 0 Å². The minimum atomic E-state index is 0. The number of nitrogens with zero attached hydrogens (tertiary/aromatic N) is 4. The summed E-state index contributed by atoms with van der Waals surface area (Å²) in [6, 6.07) is 84.7. The summed E-state index contributed by atoms with van der Waals surface area (Å²) in [4.78, 5) is 0. The van der Waals surface area contributed by atoms with Crippen LogP contribution in [0.3, 0.4) is 0 Å². The van der Waals surface area contributed by atoms with Gasteiger partial charge in [-0.2, -0.15) is 60.7 Å². The van der Waals surface area contributed by atoms with E-state index in [-0.39, 0.29) is 44.8 Å². The van der Waals surface area contributed by atoms with Gasteiger partial charge in [-0.3, -0.25) is 18.3 Å². The first-order valence-electron chi connectivity index (χ1n) is 33.7. The molecule has 0 fully saturated rings. The average molecular weight is 1600 g/mol. The number of hydrogen-bond donors (Lipinski definition) is 0. The maximum absolute atomic E-state index is 3.84. The predicted molar refractivity (Wildman–Crippen MR) is 390 cm³/mol. The van der Waals surface area contributed by atoms with Crippen LogP contribution in [0.25, 0.3) is 88.6 Å². The van der Waals surface area contributed by atoms with Crippen LogP contribution >= 0.6 is 0 Å². The summed E-state index contributed by atoms with van der Waals surface area (Å²) in [5, 5.41) is 5.11. The summed E-state index contributed by atoms with van der Waals surface area (Å²) in [6.45, 7) is 36.6. The number of rotatable bonds is 14. The molecular weight excluding hydrogens is 1510 g/mol. The van der Waals surface area contributed by atoms with Crippen molar-refractivity contribution in [2.75, 3.05) is 0 Å². The van der Waals surface area contributed by atoms with Crippen LogP contribution < -0.4 is 9.13 Å². The van der Waals surface area contributed by atoms with E-state index in [2.05, 4.69) is 348 Å². The zero-order valence-corrected chi connectivity index (χ0v) is 62.1. The van der Waals surface area contributed by atoms with Crippen molar-refractivity contribution in [1.29, 1.82) is 0 Å². The van der Waals surface area contributed by atoms with Crippen LogP contribution in [-0.4, -0.2) is 9.13 Å². The number of imidazole rings is 2. The quantitative estimate of drug-likeness (QED) is 0.0447. The second-order valence-electron chi connectivity index (χ2n) is 27.3. The summed E-state index contributed by atoms with van der Waals surface area (Å²) in [7, 11) is 0. The zero-order chi connectivity index (χ0) is 65.1. The van der Waals surface area contributed by atoms with Crippen molar-refractivity contribution >= 4 is 43.6 Å². The van der Waals surface area contributed by atoms with Crippen molar-refractivity contribution in [3.05, 3.63) is 288 Å². The van der Waals surface area contributed by atoms with Gasteiger partial charge in [0.05, 0.1) is 44.8 Å². The van der Waals surface area contributed by atoms with Crippen molar-refractivity contribution in [3.63, 3.8) is 0 Å². The molecule has 0 unspecified atom stereocenters. The molecule has 0 amide bonds. The normalized spacial score (nSPS) is 11.6. The Hall–Kier alpha value is -7.64. The Morgan fingerprint density at radius 3 is 0.755 bits per heavy atom. The molecule has 0 saturated heterocycles. The van der Waals surface area contributed by atoms with Crippen molar-refractivity contribution in [1.82, 2.24) is 9.13 Å². The topological polar surface area (TPSA) is 17.6 Å². The van der Waals surface area contributed by atoms with Gasteiger partial charge < -0.3 is 0 Å². The molecule has 0 aliphatic heterocycles. The number of hydrogen-bond acceptors (Lipinski definition) is 0. The van der Waals surface area contributed by atoms with E-state index >= 15 is 0 Å². The first-order chi connectivity index (χ1) is 44.4. The van der Waals surface area contributed by atoms with E-state index in [1.54, 1.807) is 0 Å². The van der Waals surface area contributed by atoms with Crippen LogP contribution in [-0.2, 0) is 44.8 Å². The van der Waals surface area contributed by atoms with Crippen molar-refractivity contribution in [3.8, 4) is 45.0 Å². The fourth-order valence-electron chi connectivity index (χ4n) is 13.7. The molecule has 0 spiro atoms. The molecule has 0 aliphatic rings. The molecule has 6 heteroatoms. The molecule has 0 bridgehead atoms. The van der Waals surface area contributed by atoms with Crippen molar-refractivity contribution in [2.45, 2.75) is 158 Å². The molecule has 0 N–H and O–H groups in total. The van der Waals surface area contributed by atoms with Crippen LogP contribution in [0.4, 0.5) is 0 Å². The van der Waals surface area contributed by atoms with E-state index in [1.807, 2.05) is 24.3 Å². The molecule has 0 saturated carbocycles. The number of fused-ring (bicyclic) bond motifs is 4. The van der Waals surface area contributed by atoms with E-state index in [4.69, 9.17) is 0 Å². The van der Waals surface area contributed by atoms with Gasteiger partial charge in [0, 0.05) is 44.8 Å². The number of benzene rings is 11. The number of aromatic nitrogens is 4. The Morgan fingerprint density at radius 1 is 0.266 bits per heavy atom. The predicted octanol–water partition coefficient (Wildman–Crippen LogP) is 23.3. The maximum atomic E-state index is 3.84. The van der Waals surface area contributed by atoms with Crippen LogP contribution in [0, 0.1) is 24.8 Å². The smallest absolute Gasteiger partial charge is 0.269 e. The third kappa shape index (κ3) is 14.0. The summed E-state index contributed by atoms with van der Waals surface area (Å²) in [6.07, 6.45) is 7.67. The Bertz CT molecular complexity index is 4060. The molecule has 2 radical (unpaired) electrons. The monoisotopic (exact) mass is 1600 g/mol. The second-order valence-corrected chi connectivity index (χ2v) is 27.3. The molecule has 0 atom stereocenters. The van der Waals surface area contributed by atoms with Gasteiger partial charge in [0.1, 0.15) is 0 Å². The third-order valence-electron chi connectivity index (χ3n) is 18.3. The molecule has 2 heterocycles. The Morgan fingerprint density at radius 2 is 0.500 bits per heavy atom. The Labute approximate surface area is 592 Å². The molecule has 2 aromatic heterocycles. The minimum Gasteiger partial charge on any atom is -0.291 e. The molecule has 488 valence electrons. The summed E-state index contributed by atoms with van der Waals surface area (Å²) < 4.78 is 9.28. The fourth-order valence-corrected chi connectivity index (χ4v) is 13.7. The first kappa shape index (κ1) is 70.7. The standard InChI is InChI=1S/2C31H38N2.C26H16.2Au/c2*1-20(2)24-13-11-14-25(21(3)4)30(24)32-19-33(29-18-10-9-17-28(29)32)31-26(22(5)6)15-12-16-27(31)23(7)8;1-3-11-19(12-4-1)25-21-15-7-9-17-23(21)26(20-13-5-2-6-14-20)24-18-10-8-16-22(24)25;;/h2*9-18,20-23H,1-8H3;3-18H;;/q;;-2;;. The van der Waals surface area contributed by atoms with E-state index < -0.39 is 0 Å². The van der Waals surface area contributed by atoms with Crippen molar-refractivity contribution in [2.24, 2.45) is 0 Å². The maximum Gasteiger partial charge on any atom is 0.269 e. The van der Waals surface area contributed by atoms with Gasteiger partial charge in [-0.25, -0.2) is 0 Å². The van der Waals surface area contributed by atoms with E-state index in [9.17, 15) is 0 Å². The van der Waals surface area contributed by atoms with Gasteiger partial charge in [-0.05, 0) is 125 Å². The van der Waals surface area contributed by atoms with Crippen LogP contribution in [0.2, 0.25) is 0 Å². The Kier molecular flexibility index (Phi) is 23.2.